The highest BCUT2D eigenvalue weighted by molar-refractivity contribution is 5.92. The van der Waals surface area contributed by atoms with Crippen molar-refractivity contribution in [1.82, 2.24) is 9.78 Å². The van der Waals surface area contributed by atoms with E-state index < -0.39 is 5.97 Å². The summed E-state index contributed by atoms with van der Waals surface area (Å²) < 4.78 is 1.97. The van der Waals surface area contributed by atoms with Gasteiger partial charge in [0.15, 0.2) is 0 Å². The molecule has 3 aromatic rings. The quantitative estimate of drug-likeness (QED) is 0.689. The zero-order chi connectivity index (χ0) is 19.3. The van der Waals surface area contributed by atoms with Gasteiger partial charge in [0.25, 0.3) is 0 Å². The van der Waals surface area contributed by atoms with Gasteiger partial charge in [-0.1, -0.05) is 51.1 Å². The lowest BCUT2D eigenvalue weighted by Crippen LogP contribution is -2.28. The zero-order valence-electron chi connectivity index (χ0n) is 15.6. The molecule has 0 aliphatic carbocycles. The van der Waals surface area contributed by atoms with E-state index in [1.54, 1.807) is 12.1 Å². The Bertz CT molecular complexity index is 1030. The number of carboxylic acid groups (broad SMARTS) is 1. The van der Waals surface area contributed by atoms with Gasteiger partial charge in [0.1, 0.15) is 11.3 Å². The van der Waals surface area contributed by atoms with E-state index in [4.69, 9.17) is 5.10 Å². The molecular weight excluding hydrogens is 340 g/mol. The molecule has 2 heterocycles. The van der Waals surface area contributed by atoms with Crippen LogP contribution in [0.2, 0.25) is 0 Å². The van der Waals surface area contributed by atoms with Crippen LogP contribution in [-0.4, -0.2) is 26.0 Å². The van der Waals surface area contributed by atoms with Crippen LogP contribution in [0, 0.1) is 5.41 Å². The third-order valence-electron chi connectivity index (χ3n) is 5.30. The molecule has 0 saturated carbocycles. The van der Waals surface area contributed by atoms with Crippen molar-refractivity contribution in [1.29, 1.82) is 0 Å². The van der Waals surface area contributed by atoms with Crippen molar-refractivity contribution in [2.45, 2.75) is 33.2 Å². The van der Waals surface area contributed by atoms with E-state index in [2.05, 4.69) is 20.8 Å². The molecule has 138 valence electrons. The van der Waals surface area contributed by atoms with Gasteiger partial charge in [-0.25, -0.2) is 4.79 Å². The minimum atomic E-state index is -1.12. The second-order valence-corrected chi connectivity index (χ2v) is 8.14. The number of aromatic carboxylic acids is 1. The summed E-state index contributed by atoms with van der Waals surface area (Å²) in [6, 6.07) is 15.2. The van der Waals surface area contributed by atoms with E-state index >= 15 is 0 Å². The SMILES string of the molecule is CC(C)(C)[C@@H]1Cn2nc(-c3ccccc3)cc2-c2cc(O)c(C(=O)O)cc21. The molecule has 4 rings (SSSR count). The minimum Gasteiger partial charge on any atom is -0.507 e. The lowest BCUT2D eigenvalue weighted by atomic mass is 9.73. The third kappa shape index (κ3) is 2.89. The predicted octanol–water partition coefficient (Wildman–Crippen LogP) is 4.76. The molecule has 0 fully saturated rings. The molecule has 1 aliphatic rings. The Hall–Kier alpha value is -3.08. The molecule has 0 unspecified atom stereocenters. The maximum absolute atomic E-state index is 11.5. The van der Waals surface area contributed by atoms with Crippen molar-refractivity contribution < 1.29 is 15.0 Å². The fraction of sp³-hybridized carbons (Fsp3) is 0.273. The first-order chi connectivity index (χ1) is 12.8. The van der Waals surface area contributed by atoms with Crippen LogP contribution in [0.1, 0.15) is 42.6 Å². The van der Waals surface area contributed by atoms with Crippen molar-refractivity contribution in [2.75, 3.05) is 0 Å². The van der Waals surface area contributed by atoms with Gasteiger partial charge in [0, 0.05) is 23.6 Å². The summed E-state index contributed by atoms with van der Waals surface area (Å²) in [6.45, 7) is 7.09. The monoisotopic (exact) mass is 362 g/mol. The largest absolute Gasteiger partial charge is 0.507 e. The van der Waals surface area contributed by atoms with Crippen LogP contribution in [0.3, 0.4) is 0 Å². The van der Waals surface area contributed by atoms with Crippen LogP contribution in [0.5, 0.6) is 5.75 Å². The summed E-state index contributed by atoms with van der Waals surface area (Å²) in [5.41, 5.74) is 4.45. The number of hydrogen-bond donors (Lipinski definition) is 2. The topological polar surface area (TPSA) is 75.3 Å². The van der Waals surface area contributed by atoms with Gasteiger partial charge in [-0.15, -0.1) is 0 Å². The normalized spacial score (nSPS) is 15.9. The Labute approximate surface area is 157 Å². The first-order valence-corrected chi connectivity index (χ1v) is 8.99. The van der Waals surface area contributed by atoms with Crippen molar-refractivity contribution in [2.24, 2.45) is 5.41 Å². The summed E-state index contributed by atoms with van der Waals surface area (Å²) >= 11 is 0. The average molecular weight is 362 g/mol. The molecule has 2 aromatic carbocycles. The van der Waals surface area contributed by atoms with E-state index in [0.29, 0.717) is 6.54 Å². The Morgan fingerprint density at radius 2 is 1.85 bits per heavy atom. The van der Waals surface area contributed by atoms with Gasteiger partial charge in [-0.05, 0) is 29.2 Å². The van der Waals surface area contributed by atoms with E-state index in [0.717, 1.165) is 28.1 Å². The molecule has 0 saturated heterocycles. The number of carboxylic acids is 1. The number of phenols is 1. The highest BCUT2D eigenvalue weighted by atomic mass is 16.4. The van der Waals surface area contributed by atoms with E-state index in [1.807, 2.05) is 41.1 Å². The molecule has 2 N–H and O–H groups in total. The van der Waals surface area contributed by atoms with Crippen molar-refractivity contribution >= 4 is 5.97 Å². The number of carbonyl (C=O) groups is 1. The van der Waals surface area contributed by atoms with Crippen LogP contribution >= 0.6 is 0 Å². The number of aromatic nitrogens is 2. The molecule has 0 radical (unpaired) electrons. The molecule has 1 atom stereocenters. The van der Waals surface area contributed by atoms with Crippen LogP contribution in [-0.2, 0) is 6.54 Å². The van der Waals surface area contributed by atoms with Gasteiger partial charge in [0.05, 0.1) is 11.4 Å². The first-order valence-electron chi connectivity index (χ1n) is 8.99. The molecule has 0 bridgehead atoms. The average Bonchev–Trinajstić information content (AvgIpc) is 3.05. The molecule has 0 spiro atoms. The minimum absolute atomic E-state index is 0.0563. The maximum atomic E-state index is 11.5. The Kier molecular flexibility index (Phi) is 3.84. The zero-order valence-corrected chi connectivity index (χ0v) is 15.6. The lowest BCUT2D eigenvalue weighted by molar-refractivity contribution is 0.0693. The van der Waals surface area contributed by atoms with Gasteiger partial charge in [-0.2, -0.15) is 5.10 Å². The highest BCUT2D eigenvalue weighted by Gasteiger charge is 2.35. The Morgan fingerprint density at radius 1 is 1.15 bits per heavy atom. The van der Waals surface area contributed by atoms with Gasteiger partial charge < -0.3 is 10.2 Å². The number of benzene rings is 2. The second kappa shape index (κ2) is 5.98. The Balaban J connectivity index is 1.94. The van der Waals surface area contributed by atoms with Gasteiger partial charge in [-0.3, -0.25) is 4.68 Å². The van der Waals surface area contributed by atoms with Gasteiger partial charge in [0.2, 0.25) is 0 Å². The summed E-state index contributed by atoms with van der Waals surface area (Å²) in [5, 5.41) is 24.5. The fourth-order valence-electron chi connectivity index (χ4n) is 3.82. The van der Waals surface area contributed by atoms with E-state index in [-0.39, 0.29) is 22.6 Å². The number of hydrogen-bond acceptors (Lipinski definition) is 3. The molecular formula is C22H22N2O3. The molecule has 5 nitrogen and oxygen atoms in total. The predicted molar refractivity (Wildman–Crippen MR) is 104 cm³/mol. The number of aromatic hydroxyl groups is 1. The molecule has 1 aliphatic heterocycles. The van der Waals surface area contributed by atoms with Crippen molar-refractivity contribution in [3.8, 4) is 28.3 Å². The van der Waals surface area contributed by atoms with Crippen LogP contribution in [0.25, 0.3) is 22.5 Å². The summed E-state index contributed by atoms with van der Waals surface area (Å²) in [7, 11) is 0. The van der Waals surface area contributed by atoms with E-state index in [1.165, 1.54) is 0 Å². The molecule has 27 heavy (non-hydrogen) atoms. The first kappa shape index (κ1) is 17.3. The van der Waals surface area contributed by atoms with Crippen molar-refractivity contribution in [3.05, 3.63) is 59.7 Å². The smallest absolute Gasteiger partial charge is 0.339 e. The maximum Gasteiger partial charge on any atom is 0.339 e. The third-order valence-corrected chi connectivity index (χ3v) is 5.30. The van der Waals surface area contributed by atoms with Gasteiger partial charge >= 0.3 is 5.97 Å². The Morgan fingerprint density at radius 3 is 2.48 bits per heavy atom. The number of nitrogens with zero attached hydrogens (tertiary/aromatic N) is 2. The van der Waals surface area contributed by atoms with Crippen molar-refractivity contribution in [3.63, 3.8) is 0 Å². The lowest BCUT2D eigenvalue weighted by Gasteiger charge is -2.36. The number of rotatable bonds is 2. The highest BCUT2D eigenvalue weighted by Crippen LogP contribution is 2.47. The summed E-state index contributed by atoms with van der Waals surface area (Å²) in [4.78, 5) is 11.5. The fourth-order valence-corrected chi connectivity index (χ4v) is 3.82. The van der Waals surface area contributed by atoms with Crippen LogP contribution in [0.15, 0.2) is 48.5 Å². The molecule has 5 heteroatoms. The van der Waals surface area contributed by atoms with Crippen LogP contribution < -0.4 is 0 Å². The standard InChI is InChI=1S/C22H22N2O3/c1-22(2,3)17-12-24-19(11-18(23-24)13-7-5-4-6-8-13)15-10-20(25)16(21(26)27)9-14(15)17/h4-11,17,25H,12H2,1-3H3,(H,26,27)/t17-/m1/s1. The van der Waals surface area contributed by atoms with E-state index in [9.17, 15) is 15.0 Å². The molecule has 1 aromatic heterocycles. The summed E-state index contributed by atoms with van der Waals surface area (Å²) in [5.74, 6) is -1.25. The molecule has 0 amide bonds. The summed E-state index contributed by atoms with van der Waals surface area (Å²) in [6.07, 6.45) is 0. The number of fused-ring (bicyclic) bond motifs is 3. The van der Waals surface area contributed by atoms with Crippen LogP contribution in [0.4, 0.5) is 0 Å². The second-order valence-electron chi connectivity index (χ2n) is 8.14.